The highest BCUT2D eigenvalue weighted by Crippen LogP contribution is 2.05. The normalized spacial score (nSPS) is 13.7. The minimum absolute atomic E-state index is 0.0200. The van der Waals surface area contributed by atoms with Crippen LogP contribution in [-0.2, 0) is 25.6 Å². The number of carboxylic acid groups (broad SMARTS) is 1. The lowest BCUT2D eigenvalue weighted by molar-refractivity contribution is -0.141. The van der Waals surface area contributed by atoms with Gasteiger partial charge in [0.2, 0.25) is 17.7 Å². The molecule has 17 heteroatoms. The van der Waals surface area contributed by atoms with E-state index in [1.165, 1.54) is 19.4 Å². The zero-order valence-corrected chi connectivity index (χ0v) is 21.2. The van der Waals surface area contributed by atoms with Gasteiger partial charge in [-0.3, -0.25) is 29.2 Å². The van der Waals surface area contributed by atoms with E-state index in [1.807, 2.05) is 0 Å². The first kappa shape index (κ1) is 31.6. The number of carbonyl (C=O) groups excluding carboxylic acids is 3. The number of aliphatic carboxylic acids is 1. The van der Waals surface area contributed by atoms with Gasteiger partial charge in [-0.05, 0) is 32.6 Å². The molecule has 4 atom stereocenters. The van der Waals surface area contributed by atoms with Crippen LogP contribution < -0.4 is 44.6 Å². The molecule has 212 valence electrons. The highest BCUT2D eigenvalue weighted by molar-refractivity contribution is 5.94. The van der Waals surface area contributed by atoms with Gasteiger partial charge >= 0.3 is 5.97 Å². The summed E-state index contributed by atoms with van der Waals surface area (Å²) >= 11 is 0. The minimum atomic E-state index is -1.25. The molecular weight excluding hydrogens is 500 g/mol. The molecular formula is C21H38N12O5. The molecule has 17 nitrogen and oxygen atoms in total. The maximum absolute atomic E-state index is 13.2. The Labute approximate surface area is 219 Å². The summed E-state index contributed by atoms with van der Waals surface area (Å²) in [5.41, 5.74) is 27.7. The van der Waals surface area contributed by atoms with Gasteiger partial charge in [0, 0.05) is 31.4 Å². The van der Waals surface area contributed by atoms with Crippen molar-refractivity contribution in [2.24, 2.45) is 38.7 Å². The predicted octanol–water partition coefficient (Wildman–Crippen LogP) is -4.05. The fourth-order valence-electron chi connectivity index (χ4n) is 3.18. The molecule has 0 aliphatic rings. The van der Waals surface area contributed by atoms with Crippen LogP contribution in [0.15, 0.2) is 22.5 Å². The summed E-state index contributed by atoms with van der Waals surface area (Å²) in [6.07, 6.45) is 4.00. The Bertz CT molecular complexity index is 973. The third-order valence-corrected chi connectivity index (χ3v) is 5.22. The average molecular weight is 539 g/mol. The molecule has 0 radical (unpaired) electrons. The third kappa shape index (κ3) is 12.5. The highest BCUT2D eigenvalue weighted by atomic mass is 16.4. The Morgan fingerprint density at radius 3 is 2.00 bits per heavy atom. The molecule has 4 unspecified atom stereocenters. The molecule has 0 bridgehead atoms. The molecule has 0 saturated carbocycles. The zero-order valence-electron chi connectivity index (χ0n) is 21.2. The number of amides is 3. The molecule has 38 heavy (non-hydrogen) atoms. The molecule has 3 amide bonds. The Morgan fingerprint density at radius 2 is 1.47 bits per heavy atom. The van der Waals surface area contributed by atoms with Crippen molar-refractivity contribution in [1.82, 2.24) is 25.9 Å². The average Bonchev–Trinajstić information content (AvgIpc) is 3.35. The fourth-order valence-corrected chi connectivity index (χ4v) is 3.18. The van der Waals surface area contributed by atoms with Gasteiger partial charge in [-0.1, -0.05) is 0 Å². The van der Waals surface area contributed by atoms with Crippen LogP contribution in [-0.4, -0.2) is 87.9 Å². The number of rotatable bonds is 17. The molecule has 0 aliphatic carbocycles. The molecule has 0 fully saturated rings. The van der Waals surface area contributed by atoms with Crippen molar-refractivity contribution in [2.45, 2.75) is 63.2 Å². The van der Waals surface area contributed by atoms with Crippen molar-refractivity contribution < 1.29 is 24.3 Å². The van der Waals surface area contributed by atoms with Crippen molar-refractivity contribution in [2.75, 3.05) is 13.1 Å². The molecule has 1 aromatic rings. The zero-order chi connectivity index (χ0) is 28.7. The standard InChI is InChI=1S/C21H38N12O5/c1-11(19(37)38)31-17(35)14(5-3-7-29-21(25)26)32-18(36)15(8-12-9-27-10-30-12)33-16(34)13(22)4-2-6-28-20(23)24/h9-11,13-15H,2-8,22H2,1H3,(H,27,30)(H,31,35)(H,32,36)(H,33,34)(H,37,38)(H4,23,24,28)(H4,25,26,29). The van der Waals surface area contributed by atoms with E-state index in [0.29, 0.717) is 18.5 Å². The molecule has 0 saturated heterocycles. The number of hydrogen-bond donors (Lipinski definition) is 10. The van der Waals surface area contributed by atoms with Gasteiger partial charge in [-0.25, -0.2) is 4.98 Å². The van der Waals surface area contributed by atoms with E-state index in [0.717, 1.165) is 0 Å². The van der Waals surface area contributed by atoms with Gasteiger partial charge in [0.05, 0.1) is 12.4 Å². The van der Waals surface area contributed by atoms with Gasteiger partial charge in [-0.2, -0.15) is 0 Å². The molecule has 15 N–H and O–H groups in total. The van der Waals surface area contributed by atoms with E-state index in [4.69, 9.17) is 33.8 Å². The second-order valence-electron chi connectivity index (χ2n) is 8.48. The van der Waals surface area contributed by atoms with Crippen LogP contribution in [0.1, 0.15) is 38.3 Å². The predicted molar refractivity (Wildman–Crippen MR) is 139 cm³/mol. The van der Waals surface area contributed by atoms with E-state index in [1.54, 1.807) is 0 Å². The quantitative estimate of drug-likeness (QED) is 0.0516. The number of imidazole rings is 1. The Hall–Kier alpha value is -4.41. The number of carboxylic acids is 1. The van der Waals surface area contributed by atoms with Crippen LogP contribution in [0.4, 0.5) is 0 Å². The second kappa shape index (κ2) is 16.4. The minimum Gasteiger partial charge on any atom is -0.480 e. The topological polar surface area (TPSA) is 308 Å². The van der Waals surface area contributed by atoms with E-state index in [2.05, 4.69) is 35.9 Å². The van der Waals surface area contributed by atoms with Crippen LogP contribution >= 0.6 is 0 Å². The molecule has 0 aliphatic heterocycles. The Morgan fingerprint density at radius 1 is 0.921 bits per heavy atom. The number of hydrogen-bond acceptors (Lipinski definition) is 8. The van der Waals surface area contributed by atoms with Crippen molar-refractivity contribution in [1.29, 1.82) is 0 Å². The van der Waals surface area contributed by atoms with Crippen LogP contribution in [0.3, 0.4) is 0 Å². The summed E-state index contributed by atoms with van der Waals surface area (Å²) in [5.74, 6) is -3.46. The maximum Gasteiger partial charge on any atom is 0.325 e. The first-order valence-electron chi connectivity index (χ1n) is 11.9. The van der Waals surface area contributed by atoms with E-state index < -0.39 is 47.9 Å². The summed E-state index contributed by atoms with van der Waals surface area (Å²) in [7, 11) is 0. The number of aliphatic imine (C=N–C) groups is 2. The number of guanidine groups is 2. The van der Waals surface area contributed by atoms with Crippen molar-refractivity contribution in [3.8, 4) is 0 Å². The lowest BCUT2D eigenvalue weighted by atomic mass is 10.1. The summed E-state index contributed by atoms with van der Waals surface area (Å²) < 4.78 is 0. The number of H-pyrrole nitrogens is 1. The van der Waals surface area contributed by atoms with Gasteiger partial charge < -0.3 is 54.7 Å². The van der Waals surface area contributed by atoms with E-state index in [9.17, 15) is 19.2 Å². The highest BCUT2D eigenvalue weighted by Gasteiger charge is 2.29. The number of nitrogens with one attached hydrogen (secondary N) is 4. The molecule has 1 heterocycles. The van der Waals surface area contributed by atoms with Gasteiger partial charge in [0.15, 0.2) is 11.9 Å². The molecule has 1 aromatic heterocycles. The third-order valence-electron chi connectivity index (χ3n) is 5.22. The van der Waals surface area contributed by atoms with E-state index in [-0.39, 0.29) is 44.3 Å². The van der Waals surface area contributed by atoms with Crippen molar-refractivity contribution in [3.05, 3.63) is 18.2 Å². The summed E-state index contributed by atoms with van der Waals surface area (Å²) in [6.45, 7) is 1.75. The summed E-state index contributed by atoms with van der Waals surface area (Å²) in [5, 5.41) is 16.6. The van der Waals surface area contributed by atoms with E-state index >= 15 is 0 Å². The van der Waals surface area contributed by atoms with Gasteiger partial charge in [-0.15, -0.1) is 0 Å². The van der Waals surface area contributed by atoms with Gasteiger partial charge in [0.25, 0.3) is 0 Å². The molecule has 0 aromatic carbocycles. The largest absolute Gasteiger partial charge is 0.480 e. The van der Waals surface area contributed by atoms with Crippen molar-refractivity contribution in [3.63, 3.8) is 0 Å². The molecule has 1 rings (SSSR count). The number of carbonyl (C=O) groups is 4. The number of nitrogens with two attached hydrogens (primary N) is 5. The Kier molecular flexibility index (Phi) is 13.6. The maximum atomic E-state index is 13.2. The number of aromatic nitrogens is 2. The van der Waals surface area contributed by atoms with Crippen LogP contribution in [0, 0.1) is 0 Å². The number of aromatic amines is 1. The Balaban J connectivity index is 2.97. The first-order valence-corrected chi connectivity index (χ1v) is 11.9. The molecule has 0 spiro atoms. The first-order chi connectivity index (χ1) is 17.9. The summed E-state index contributed by atoms with van der Waals surface area (Å²) in [6, 6.07) is -4.40. The van der Waals surface area contributed by atoms with Crippen molar-refractivity contribution >= 4 is 35.6 Å². The second-order valence-corrected chi connectivity index (χ2v) is 8.48. The number of nitrogens with zero attached hydrogens (tertiary/aromatic N) is 3. The monoisotopic (exact) mass is 538 g/mol. The lowest BCUT2D eigenvalue weighted by Gasteiger charge is -2.24. The lowest BCUT2D eigenvalue weighted by Crippen LogP contribution is -2.57. The van der Waals surface area contributed by atoms with Crippen LogP contribution in [0.2, 0.25) is 0 Å². The van der Waals surface area contributed by atoms with Crippen LogP contribution in [0.25, 0.3) is 0 Å². The summed E-state index contributed by atoms with van der Waals surface area (Å²) in [4.78, 5) is 64.3. The fraction of sp³-hybridized carbons (Fsp3) is 0.571. The van der Waals surface area contributed by atoms with Gasteiger partial charge in [0.1, 0.15) is 18.1 Å². The SMILES string of the molecule is CC(NC(=O)C(CCCN=C(N)N)NC(=O)C(Cc1cnc[nH]1)NC(=O)C(N)CCCN=C(N)N)C(=O)O. The smallest absolute Gasteiger partial charge is 0.325 e. The van der Waals surface area contributed by atoms with Crippen LogP contribution in [0.5, 0.6) is 0 Å².